The maximum Gasteiger partial charge on any atom is 0.164 e. The Bertz CT molecular complexity index is 3600. The number of para-hydroxylation sites is 2. The third-order valence-electron chi connectivity index (χ3n) is 11.3. The first-order valence-corrected chi connectivity index (χ1v) is 19.4. The molecule has 0 spiro atoms. The van der Waals surface area contributed by atoms with Gasteiger partial charge >= 0.3 is 0 Å². The molecule has 0 unspecified atom stereocenters. The van der Waals surface area contributed by atoms with Gasteiger partial charge in [0, 0.05) is 43.8 Å². The Morgan fingerprint density at radius 2 is 0.810 bits per heavy atom. The van der Waals surface area contributed by atoms with Crippen LogP contribution in [0.15, 0.2) is 197 Å². The molecule has 0 aliphatic rings. The van der Waals surface area contributed by atoms with Gasteiger partial charge in [-0.15, -0.1) is 0 Å². The number of fused-ring (bicyclic) bond motifs is 8. The Kier molecular flexibility index (Phi) is 7.16. The smallest absolute Gasteiger partial charge is 0.164 e. The van der Waals surface area contributed by atoms with Gasteiger partial charge in [-0.2, -0.15) is 0 Å². The molecule has 0 N–H and O–H groups in total. The Labute approximate surface area is 332 Å². The zero-order valence-corrected chi connectivity index (χ0v) is 31.1. The minimum absolute atomic E-state index is 0.575. The second kappa shape index (κ2) is 12.8. The summed E-state index contributed by atoms with van der Waals surface area (Å²) in [5.74, 6) is 1.75. The molecule has 0 amide bonds. The quantitative estimate of drug-likeness (QED) is 0.176. The van der Waals surface area contributed by atoms with E-state index in [1.165, 1.54) is 10.8 Å². The number of aromatic nitrogens is 3. The lowest BCUT2D eigenvalue weighted by Gasteiger charge is -2.14. The molecule has 12 rings (SSSR count). The van der Waals surface area contributed by atoms with Gasteiger partial charge in [-0.25, -0.2) is 15.0 Å². The van der Waals surface area contributed by atoms with Crippen molar-refractivity contribution in [1.82, 2.24) is 15.0 Å². The summed E-state index contributed by atoms with van der Waals surface area (Å²) in [4.78, 5) is 15.8. The summed E-state index contributed by atoms with van der Waals surface area (Å²) in [6, 6.07) is 65.1. The predicted octanol–water partition coefficient (Wildman–Crippen LogP) is 14.3. The molecule has 12 aromatic rings. The normalized spacial score (nSPS) is 11.8. The lowest BCUT2D eigenvalue weighted by Crippen LogP contribution is -2.01. The molecule has 9 aromatic carbocycles. The molecule has 3 aromatic heterocycles. The van der Waals surface area contributed by atoms with Crippen LogP contribution in [-0.2, 0) is 0 Å². The van der Waals surface area contributed by atoms with Crippen molar-refractivity contribution in [2.45, 2.75) is 0 Å². The zero-order valence-electron chi connectivity index (χ0n) is 31.1. The molecule has 0 saturated carbocycles. The van der Waals surface area contributed by atoms with Crippen molar-refractivity contribution in [3.8, 4) is 56.4 Å². The van der Waals surface area contributed by atoms with Crippen LogP contribution in [-0.4, -0.2) is 15.0 Å². The summed E-state index contributed by atoms with van der Waals surface area (Å²) in [5, 5.41) is 8.76. The van der Waals surface area contributed by atoms with Crippen molar-refractivity contribution < 1.29 is 8.83 Å². The van der Waals surface area contributed by atoms with E-state index in [4.69, 9.17) is 23.8 Å². The minimum atomic E-state index is 0.575. The molecular weight excluding hydrogens is 711 g/mol. The third kappa shape index (κ3) is 5.14. The Morgan fingerprint density at radius 3 is 1.57 bits per heavy atom. The van der Waals surface area contributed by atoms with Crippen LogP contribution >= 0.6 is 0 Å². The molecule has 0 bridgehead atoms. The highest BCUT2D eigenvalue weighted by Crippen LogP contribution is 2.45. The van der Waals surface area contributed by atoms with E-state index in [1.807, 2.05) is 42.5 Å². The monoisotopic (exact) mass is 741 g/mol. The van der Waals surface area contributed by atoms with E-state index < -0.39 is 0 Å². The van der Waals surface area contributed by atoms with Crippen LogP contribution < -0.4 is 0 Å². The molecule has 0 radical (unpaired) electrons. The second-order valence-electron chi connectivity index (χ2n) is 14.7. The van der Waals surface area contributed by atoms with Crippen molar-refractivity contribution >= 4 is 65.4 Å². The van der Waals surface area contributed by atoms with Gasteiger partial charge in [0.05, 0.1) is 0 Å². The molecule has 5 nitrogen and oxygen atoms in total. The van der Waals surface area contributed by atoms with Crippen molar-refractivity contribution in [2.24, 2.45) is 0 Å². The van der Waals surface area contributed by atoms with Gasteiger partial charge in [0.1, 0.15) is 22.3 Å². The summed E-state index contributed by atoms with van der Waals surface area (Å²) in [7, 11) is 0. The van der Waals surface area contributed by atoms with Crippen LogP contribution in [0.2, 0.25) is 0 Å². The molecule has 5 heteroatoms. The summed E-state index contributed by atoms with van der Waals surface area (Å²) in [6.07, 6.45) is 0. The summed E-state index contributed by atoms with van der Waals surface area (Å²) in [6.45, 7) is 0. The van der Waals surface area contributed by atoms with E-state index in [-0.39, 0.29) is 0 Å². The maximum atomic E-state index is 6.77. The van der Waals surface area contributed by atoms with E-state index in [9.17, 15) is 0 Å². The topological polar surface area (TPSA) is 65.0 Å². The van der Waals surface area contributed by atoms with Crippen LogP contribution in [0.4, 0.5) is 0 Å². The summed E-state index contributed by atoms with van der Waals surface area (Å²) < 4.78 is 13.1. The van der Waals surface area contributed by atoms with Crippen molar-refractivity contribution in [2.75, 3.05) is 0 Å². The highest BCUT2D eigenvalue weighted by atomic mass is 16.3. The zero-order chi connectivity index (χ0) is 38.2. The van der Waals surface area contributed by atoms with Crippen LogP contribution in [0.3, 0.4) is 0 Å². The van der Waals surface area contributed by atoms with Gasteiger partial charge in [0.25, 0.3) is 0 Å². The van der Waals surface area contributed by atoms with E-state index in [0.29, 0.717) is 17.5 Å². The Balaban J connectivity index is 1.11. The molecule has 0 aliphatic carbocycles. The number of nitrogens with zero attached hydrogens (tertiary/aromatic N) is 3. The van der Waals surface area contributed by atoms with Crippen molar-refractivity contribution in [3.63, 3.8) is 0 Å². The fraction of sp³-hybridized carbons (Fsp3) is 0. The highest BCUT2D eigenvalue weighted by molar-refractivity contribution is 6.17. The Morgan fingerprint density at radius 1 is 0.293 bits per heavy atom. The largest absolute Gasteiger partial charge is 0.456 e. The predicted molar refractivity (Wildman–Crippen MR) is 237 cm³/mol. The average molecular weight is 742 g/mol. The number of furan rings is 2. The first kappa shape index (κ1) is 32.4. The van der Waals surface area contributed by atoms with Crippen LogP contribution in [0.5, 0.6) is 0 Å². The van der Waals surface area contributed by atoms with E-state index in [0.717, 1.165) is 93.6 Å². The fourth-order valence-corrected chi connectivity index (χ4v) is 8.59. The van der Waals surface area contributed by atoms with Crippen molar-refractivity contribution in [1.29, 1.82) is 0 Å². The summed E-state index contributed by atoms with van der Waals surface area (Å²) in [5.41, 5.74) is 10.2. The first-order valence-electron chi connectivity index (χ1n) is 19.4. The van der Waals surface area contributed by atoms with Crippen LogP contribution in [0, 0.1) is 0 Å². The average Bonchev–Trinajstić information content (AvgIpc) is 3.88. The van der Waals surface area contributed by atoms with Gasteiger partial charge in [0.15, 0.2) is 17.5 Å². The van der Waals surface area contributed by atoms with Gasteiger partial charge in [0.2, 0.25) is 0 Å². The standard InChI is InChI=1S/C53H31N3O2/c1-3-14-34-30-36(26-24-32(34)12-1)38-28-29-40(49-43-19-8-10-22-46(43)58-50(38)49)39-16-5-6-17-41(39)52-54-51(37-27-25-33-13-2-4-15-35(33)31-37)55-53(56-52)44-20-11-23-47-48(44)42-18-7-9-21-45(42)57-47/h1-31H. The van der Waals surface area contributed by atoms with Crippen LogP contribution in [0.25, 0.3) is 122 Å². The maximum absolute atomic E-state index is 6.77. The molecule has 0 fully saturated rings. The molecule has 0 aliphatic heterocycles. The SMILES string of the molecule is c1ccc(-c2ccc(-c3ccc4ccccc4c3)c3oc4ccccc4c23)c(-c2nc(-c3ccc4ccccc4c3)nc(-c3cccc4oc5ccccc5c34)n2)c1. The minimum Gasteiger partial charge on any atom is -0.456 e. The van der Waals surface area contributed by atoms with Gasteiger partial charge < -0.3 is 8.83 Å². The van der Waals surface area contributed by atoms with Gasteiger partial charge in [-0.1, -0.05) is 152 Å². The molecule has 0 saturated heterocycles. The highest BCUT2D eigenvalue weighted by Gasteiger charge is 2.22. The van der Waals surface area contributed by atoms with Gasteiger partial charge in [-0.05, 0) is 74.6 Å². The molecule has 0 atom stereocenters. The van der Waals surface area contributed by atoms with E-state index >= 15 is 0 Å². The molecule has 3 heterocycles. The third-order valence-corrected chi connectivity index (χ3v) is 11.3. The van der Waals surface area contributed by atoms with Crippen molar-refractivity contribution in [3.05, 3.63) is 188 Å². The number of rotatable bonds is 5. The Hall–Kier alpha value is -7.89. The number of hydrogen-bond donors (Lipinski definition) is 0. The lowest BCUT2D eigenvalue weighted by molar-refractivity contribution is 0.669. The van der Waals surface area contributed by atoms with E-state index in [2.05, 4.69) is 146 Å². The number of benzene rings is 9. The molecular formula is C53H31N3O2. The summed E-state index contributed by atoms with van der Waals surface area (Å²) >= 11 is 0. The fourth-order valence-electron chi connectivity index (χ4n) is 8.59. The molecule has 270 valence electrons. The second-order valence-corrected chi connectivity index (χ2v) is 14.7. The number of hydrogen-bond acceptors (Lipinski definition) is 5. The lowest BCUT2D eigenvalue weighted by atomic mass is 9.91. The van der Waals surface area contributed by atoms with Gasteiger partial charge in [-0.3, -0.25) is 0 Å². The molecule has 58 heavy (non-hydrogen) atoms. The van der Waals surface area contributed by atoms with E-state index in [1.54, 1.807) is 0 Å². The van der Waals surface area contributed by atoms with Crippen LogP contribution in [0.1, 0.15) is 0 Å². The first-order chi connectivity index (χ1) is 28.7.